The number of nitrogens with one attached hydrogen (secondary N) is 1. The number of fused-ring (bicyclic) bond motifs is 1. The zero-order chi connectivity index (χ0) is 18.7. The fourth-order valence-electron chi connectivity index (χ4n) is 2.75. The third-order valence-corrected chi connectivity index (χ3v) is 4.04. The van der Waals surface area contributed by atoms with Gasteiger partial charge in [-0.05, 0) is 24.6 Å². The summed E-state index contributed by atoms with van der Waals surface area (Å²) in [6.45, 7) is 1.76. The van der Waals surface area contributed by atoms with Crippen LogP contribution in [-0.2, 0) is 11.2 Å². The first-order chi connectivity index (χ1) is 12.5. The van der Waals surface area contributed by atoms with Crippen LogP contribution >= 0.6 is 0 Å². The van der Waals surface area contributed by atoms with E-state index in [9.17, 15) is 9.59 Å². The summed E-state index contributed by atoms with van der Waals surface area (Å²) in [5.41, 5.74) is 0.681. The third-order valence-electron chi connectivity index (χ3n) is 4.04. The molecule has 0 saturated heterocycles. The quantitative estimate of drug-likeness (QED) is 0.709. The molecule has 3 aromatic rings. The summed E-state index contributed by atoms with van der Waals surface area (Å²) in [5, 5.41) is 3.29. The summed E-state index contributed by atoms with van der Waals surface area (Å²) in [7, 11) is 3.04. The van der Waals surface area contributed by atoms with E-state index in [0.29, 0.717) is 33.8 Å². The summed E-state index contributed by atoms with van der Waals surface area (Å²) in [4.78, 5) is 28.7. The standard InChI is InChI=1S/C19H18N2O5/c1-11-13(10-17(22)21-16-6-4-5-7-20-16)19(23)26-15-9-12(24-2)8-14(25-3)18(11)15/h4-9H,10H2,1-3H3,(H,20,21,22). The first-order valence-corrected chi connectivity index (χ1v) is 7.92. The molecule has 0 aliphatic rings. The second kappa shape index (κ2) is 7.26. The van der Waals surface area contributed by atoms with Crippen LogP contribution in [0.4, 0.5) is 5.82 Å². The Balaban J connectivity index is 2.01. The lowest BCUT2D eigenvalue weighted by atomic mass is 10.0. The first kappa shape index (κ1) is 17.5. The highest BCUT2D eigenvalue weighted by Gasteiger charge is 2.19. The van der Waals surface area contributed by atoms with E-state index in [0.717, 1.165) is 0 Å². The minimum absolute atomic E-state index is 0.129. The lowest BCUT2D eigenvalue weighted by molar-refractivity contribution is -0.115. The number of benzene rings is 1. The van der Waals surface area contributed by atoms with Crippen LogP contribution in [0.1, 0.15) is 11.1 Å². The van der Waals surface area contributed by atoms with E-state index in [4.69, 9.17) is 13.9 Å². The molecular weight excluding hydrogens is 336 g/mol. The Bertz CT molecular complexity index is 1010. The van der Waals surface area contributed by atoms with Gasteiger partial charge in [-0.2, -0.15) is 0 Å². The van der Waals surface area contributed by atoms with Crippen molar-refractivity contribution in [1.29, 1.82) is 0 Å². The highest BCUT2D eigenvalue weighted by molar-refractivity contribution is 5.94. The van der Waals surface area contributed by atoms with E-state index in [1.165, 1.54) is 14.2 Å². The number of anilines is 1. The van der Waals surface area contributed by atoms with Crippen molar-refractivity contribution >= 4 is 22.7 Å². The zero-order valence-electron chi connectivity index (χ0n) is 14.7. The molecule has 0 aliphatic carbocycles. The van der Waals surface area contributed by atoms with Gasteiger partial charge in [-0.3, -0.25) is 4.79 Å². The maximum atomic E-state index is 12.4. The molecule has 0 bridgehead atoms. The van der Waals surface area contributed by atoms with Crippen molar-refractivity contribution in [2.75, 3.05) is 19.5 Å². The fourth-order valence-corrected chi connectivity index (χ4v) is 2.75. The monoisotopic (exact) mass is 354 g/mol. The molecule has 7 heteroatoms. The predicted molar refractivity (Wildman–Crippen MR) is 96.9 cm³/mol. The Kier molecular flexibility index (Phi) is 4.88. The average molecular weight is 354 g/mol. The number of methoxy groups -OCH3 is 2. The smallest absolute Gasteiger partial charge is 0.340 e. The van der Waals surface area contributed by atoms with Crippen LogP contribution in [-0.4, -0.2) is 25.1 Å². The number of aryl methyl sites for hydroxylation is 1. The van der Waals surface area contributed by atoms with Crippen LogP contribution < -0.4 is 20.4 Å². The normalized spacial score (nSPS) is 10.6. The number of carbonyl (C=O) groups is 1. The van der Waals surface area contributed by atoms with Crippen LogP contribution in [0.5, 0.6) is 11.5 Å². The van der Waals surface area contributed by atoms with Crippen molar-refractivity contribution < 1.29 is 18.7 Å². The van der Waals surface area contributed by atoms with Crippen LogP contribution in [0.15, 0.2) is 45.7 Å². The van der Waals surface area contributed by atoms with E-state index in [1.54, 1.807) is 43.5 Å². The van der Waals surface area contributed by atoms with E-state index in [1.807, 2.05) is 0 Å². The molecule has 1 amide bonds. The number of hydrogen-bond donors (Lipinski definition) is 1. The SMILES string of the molecule is COc1cc(OC)c2c(C)c(CC(=O)Nc3ccccn3)c(=O)oc2c1. The highest BCUT2D eigenvalue weighted by atomic mass is 16.5. The average Bonchev–Trinajstić information content (AvgIpc) is 2.64. The molecule has 2 heterocycles. The summed E-state index contributed by atoms with van der Waals surface area (Å²) < 4.78 is 16.0. The largest absolute Gasteiger partial charge is 0.496 e. The molecule has 0 unspecified atom stereocenters. The first-order valence-electron chi connectivity index (χ1n) is 7.92. The lowest BCUT2D eigenvalue weighted by Crippen LogP contribution is -2.21. The molecule has 1 aromatic carbocycles. The van der Waals surface area contributed by atoms with Crippen molar-refractivity contribution in [3.8, 4) is 11.5 Å². The maximum Gasteiger partial charge on any atom is 0.340 e. The summed E-state index contributed by atoms with van der Waals surface area (Å²) >= 11 is 0. The van der Waals surface area contributed by atoms with E-state index in [-0.39, 0.29) is 17.9 Å². The summed E-state index contributed by atoms with van der Waals surface area (Å²) in [6.07, 6.45) is 1.44. The molecule has 3 rings (SSSR count). The number of amides is 1. The summed E-state index contributed by atoms with van der Waals surface area (Å²) in [6, 6.07) is 8.49. The third kappa shape index (κ3) is 3.37. The van der Waals surface area contributed by atoms with Gasteiger partial charge in [0.15, 0.2) is 0 Å². The van der Waals surface area contributed by atoms with E-state index >= 15 is 0 Å². The molecule has 0 aliphatic heterocycles. The molecular formula is C19H18N2O5. The molecule has 134 valence electrons. The molecule has 0 fully saturated rings. The van der Waals surface area contributed by atoms with Crippen molar-refractivity contribution in [1.82, 2.24) is 4.98 Å². The van der Waals surface area contributed by atoms with Crippen LogP contribution in [0.2, 0.25) is 0 Å². The van der Waals surface area contributed by atoms with Crippen molar-refractivity contribution in [2.45, 2.75) is 13.3 Å². The number of pyridine rings is 1. The summed E-state index contributed by atoms with van der Waals surface area (Å²) in [5.74, 6) is 1.08. The van der Waals surface area contributed by atoms with Gasteiger partial charge < -0.3 is 19.2 Å². The second-order valence-electron chi connectivity index (χ2n) is 5.64. The number of aromatic nitrogens is 1. The van der Waals surface area contributed by atoms with Gasteiger partial charge in [-0.25, -0.2) is 9.78 Å². The predicted octanol–water partition coefficient (Wildman–Crippen LogP) is 2.69. The Morgan fingerprint density at radius 1 is 1.23 bits per heavy atom. The van der Waals surface area contributed by atoms with Gasteiger partial charge in [-0.15, -0.1) is 0 Å². The Morgan fingerprint density at radius 3 is 2.69 bits per heavy atom. The van der Waals surface area contributed by atoms with Gasteiger partial charge in [-0.1, -0.05) is 6.07 Å². The molecule has 0 spiro atoms. The number of hydrogen-bond acceptors (Lipinski definition) is 6. The Hall–Kier alpha value is -3.35. The van der Waals surface area contributed by atoms with Gasteiger partial charge in [0.1, 0.15) is 22.9 Å². The van der Waals surface area contributed by atoms with E-state index < -0.39 is 5.63 Å². The topological polar surface area (TPSA) is 90.7 Å². The molecule has 1 N–H and O–H groups in total. The molecule has 2 aromatic heterocycles. The highest BCUT2D eigenvalue weighted by Crippen LogP contribution is 2.33. The molecule has 0 atom stereocenters. The number of ether oxygens (including phenoxy) is 2. The Labute approximate surface area is 149 Å². The van der Waals surface area contributed by atoms with E-state index in [2.05, 4.69) is 10.3 Å². The van der Waals surface area contributed by atoms with Gasteiger partial charge in [0.25, 0.3) is 0 Å². The molecule has 26 heavy (non-hydrogen) atoms. The van der Waals surface area contributed by atoms with Crippen LogP contribution in [0.3, 0.4) is 0 Å². The van der Waals surface area contributed by atoms with Crippen LogP contribution in [0, 0.1) is 6.92 Å². The number of nitrogens with zero attached hydrogens (tertiary/aromatic N) is 1. The van der Waals surface area contributed by atoms with Gasteiger partial charge in [0, 0.05) is 18.3 Å². The molecule has 0 saturated carbocycles. The van der Waals surface area contributed by atoms with Crippen molar-refractivity contribution in [3.05, 3.63) is 58.1 Å². The number of rotatable bonds is 5. The Morgan fingerprint density at radius 2 is 2.04 bits per heavy atom. The van der Waals surface area contributed by atoms with Crippen molar-refractivity contribution in [3.63, 3.8) is 0 Å². The fraction of sp³-hybridized carbons (Fsp3) is 0.211. The van der Waals surface area contributed by atoms with Crippen molar-refractivity contribution in [2.24, 2.45) is 0 Å². The minimum atomic E-state index is -0.568. The maximum absolute atomic E-state index is 12.4. The second-order valence-corrected chi connectivity index (χ2v) is 5.64. The minimum Gasteiger partial charge on any atom is -0.496 e. The van der Waals surface area contributed by atoms with Crippen LogP contribution in [0.25, 0.3) is 11.0 Å². The molecule has 0 radical (unpaired) electrons. The van der Waals surface area contributed by atoms with Gasteiger partial charge in [0.2, 0.25) is 5.91 Å². The lowest BCUT2D eigenvalue weighted by Gasteiger charge is -2.12. The zero-order valence-corrected chi connectivity index (χ0v) is 14.7. The molecule has 7 nitrogen and oxygen atoms in total. The number of carbonyl (C=O) groups excluding carboxylic acids is 1. The van der Waals surface area contributed by atoms with Gasteiger partial charge in [0.05, 0.1) is 31.6 Å². The van der Waals surface area contributed by atoms with Gasteiger partial charge >= 0.3 is 5.63 Å².